The van der Waals surface area contributed by atoms with E-state index >= 15 is 0 Å². The molecule has 0 aromatic carbocycles. The number of unbranched alkanes of at least 4 members (excludes halogenated alkanes) is 2. The first-order valence-corrected chi connectivity index (χ1v) is 9.93. The van der Waals surface area contributed by atoms with Crippen LogP contribution in [-0.4, -0.2) is 61.6 Å². The lowest BCUT2D eigenvalue weighted by molar-refractivity contribution is 0.0487. The number of rotatable bonds is 15. The molecule has 0 saturated carbocycles. The van der Waals surface area contributed by atoms with E-state index in [2.05, 4.69) is 39.0 Å². The fourth-order valence-electron chi connectivity index (χ4n) is 2.38. The van der Waals surface area contributed by atoms with Gasteiger partial charge in [0.15, 0.2) is 5.96 Å². The zero-order chi connectivity index (χ0) is 18.9. The number of guanidine groups is 1. The van der Waals surface area contributed by atoms with Gasteiger partial charge in [0.1, 0.15) is 5.82 Å². The van der Waals surface area contributed by atoms with Gasteiger partial charge in [0.2, 0.25) is 0 Å². The van der Waals surface area contributed by atoms with E-state index in [9.17, 15) is 0 Å². The quantitative estimate of drug-likeness (QED) is 0.170. The van der Waals surface area contributed by atoms with Crippen molar-refractivity contribution in [2.45, 2.75) is 53.0 Å². The summed E-state index contributed by atoms with van der Waals surface area (Å²) in [7, 11) is 0. The van der Waals surface area contributed by atoms with E-state index in [4.69, 9.17) is 9.47 Å². The van der Waals surface area contributed by atoms with Gasteiger partial charge >= 0.3 is 0 Å². The lowest BCUT2D eigenvalue weighted by Gasteiger charge is -2.12. The highest BCUT2D eigenvalue weighted by molar-refractivity contribution is 14.0. The lowest BCUT2D eigenvalue weighted by Crippen LogP contribution is -2.39. The molecule has 158 valence electrons. The highest BCUT2D eigenvalue weighted by Crippen LogP contribution is 2.00. The van der Waals surface area contributed by atoms with Gasteiger partial charge < -0.3 is 24.7 Å². The summed E-state index contributed by atoms with van der Waals surface area (Å²) in [6.45, 7) is 12.5. The minimum Gasteiger partial charge on any atom is -0.379 e. The van der Waals surface area contributed by atoms with E-state index in [1.165, 1.54) is 6.42 Å². The maximum atomic E-state index is 5.56. The molecule has 2 N–H and O–H groups in total. The molecule has 0 amide bonds. The fraction of sp³-hybridized carbons (Fsp3) is 0.789. The molecule has 0 bridgehead atoms. The van der Waals surface area contributed by atoms with Crippen LogP contribution >= 0.6 is 24.0 Å². The SMILES string of the molecule is CCCCOCCOCCNC(=NCCCCn1ccnc1C)NCC.I. The van der Waals surface area contributed by atoms with E-state index in [1.807, 2.05) is 19.3 Å². The standard InChI is InChI=1S/C19H37N5O2.HI/c1-4-6-14-25-16-17-26-15-11-23-19(20-5-2)22-9-7-8-12-24-13-10-21-18(24)3;/h10,13H,4-9,11-12,14-17H2,1-3H3,(H2,20,22,23);1H. The maximum Gasteiger partial charge on any atom is 0.191 e. The minimum absolute atomic E-state index is 0. The first-order chi connectivity index (χ1) is 12.8. The molecule has 1 aromatic rings. The molecule has 1 rings (SSSR count). The number of aryl methyl sites for hydroxylation is 2. The molecule has 0 unspecified atom stereocenters. The van der Waals surface area contributed by atoms with E-state index in [1.54, 1.807) is 0 Å². The van der Waals surface area contributed by atoms with Crippen LogP contribution in [0.2, 0.25) is 0 Å². The third-order valence-corrected chi connectivity index (χ3v) is 3.90. The zero-order valence-electron chi connectivity index (χ0n) is 17.2. The van der Waals surface area contributed by atoms with Gasteiger partial charge in [0.05, 0.1) is 19.8 Å². The Balaban J connectivity index is 0.00000676. The molecule has 7 nitrogen and oxygen atoms in total. The molecule has 0 atom stereocenters. The summed E-state index contributed by atoms with van der Waals surface area (Å²) in [5.41, 5.74) is 0. The second-order valence-electron chi connectivity index (χ2n) is 6.14. The van der Waals surface area contributed by atoms with Crippen LogP contribution in [-0.2, 0) is 16.0 Å². The van der Waals surface area contributed by atoms with E-state index < -0.39 is 0 Å². The van der Waals surface area contributed by atoms with Crippen LogP contribution in [0.5, 0.6) is 0 Å². The van der Waals surface area contributed by atoms with Gasteiger partial charge in [-0.3, -0.25) is 4.99 Å². The van der Waals surface area contributed by atoms with E-state index in [0.717, 1.165) is 63.8 Å². The number of nitrogens with one attached hydrogen (secondary N) is 2. The molecular weight excluding hydrogens is 457 g/mol. The number of aromatic nitrogens is 2. The first kappa shape index (κ1) is 26.1. The van der Waals surface area contributed by atoms with Gasteiger partial charge in [-0.05, 0) is 33.1 Å². The predicted molar refractivity (Wildman–Crippen MR) is 122 cm³/mol. The largest absolute Gasteiger partial charge is 0.379 e. The monoisotopic (exact) mass is 495 g/mol. The minimum atomic E-state index is 0. The summed E-state index contributed by atoms with van der Waals surface area (Å²) >= 11 is 0. The Morgan fingerprint density at radius 2 is 1.85 bits per heavy atom. The van der Waals surface area contributed by atoms with Gasteiger partial charge in [0, 0.05) is 45.2 Å². The van der Waals surface area contributed by atoms with Gasteiger partial charge in [-0.15, -0.1) is 24.0 Å². The molecular formula is C19H38IN5O2. The third-order valence-electron chi connectivity index (χ3n) is 3.90. The Morgan fingerprint density at radius 3 is 2.52 bits per heavy atom. The van der Waals surface area contributed by atoms with Crippen molar-refractivity contribution in [2.24, 2.45) is 4.99 Å². The molecule has 0 spiro atoms. The number of halogens is 1. The number of hydrogen-bond donors (Lipinski definition) is 2. The average Bonchev–Trinajstić information content (AvgIpc) is 3.05. The van der Waals surface area contributed by atoms with Gasteiger partial charge in [0.25, 0.3) is 0 Å². The van der Waals surface area contributed by atoms with Crippen molar-refractivity contribution in [3.8, 4) is 0 Å². The Morgan fingerprint density at radius 1 is 1.07 bits per heavy atom. The molecule has 1 aromatic heterocycles. The smallest absolute Gasteiger partial charge is 0.191 e. The normalized spacial score (nSPS) is 11.3. The zero-order valence-corrected chi connectivity index (χ0v) is 19.5. The van der Waals surface area contributed by atoms with Crippen molar-refractivity contribution in [1.82, 2.24) is 20.2 Å². The van der Waals surface area contributed by atoms with E-state index in [0.29, 0.717) is 19.8 Å². The third kappa shape index (κ3) is 13.9. The van der Waals surface area contributed by atoms with Crippen LogP contribution < -0.4 is 10.6 Å². The Bertz CT molecular complexity index is 482. The van der Waals surface area contributed by atoms with Crippen LogP contribution in [0.3, 0.4) is 0 Å². The van der Waals surface area contributed by atoms with Crippen LogP contribution in [0, 0.1) is 6.92 Å². The number of hydrogen-bond acceptors (Lipinski definition) is 4. The summed E-state index contributed by atoms with van der Waals surface area (Å²) in [4.78, 5) is 8.85. The van der Waals surface area contributed by atoms with Crippen LogP contribution in [0.25, 0.3) is 0 Å². The summed E-state index contributed by atoms with van der Waals surface area (Å²) in [5, 5.41) is 6.57. The molecule has 0 aliphatic heterocycles. The summed E-state index contributed by atoms with van der Waals surface area (Å²) in [5.74, 6) is 1.92. The van der Waals surface area contributed by atoms with Crippen molar-refractivity contribution >= 4 is 29.9 Å². The van der Waals surface area contributed by atoms with Gasteiger partial charge in [-0.2, -0.15) is 0 Å². The van der Waals surface area contributed by atoms with Gasteiger partial charge in [-0.25, -0.2) is 4.98 Å². The molecule has 0 saturated heterocycles. The highest BCUT2D eigenvalue weighted by Gasteiger charge is 1.98. The van der Waals surface area contributed by atoms with Crippen molar-refractivity contribution in [3.05, 3.63) is 18.2 Å². The molecule has 8 heteroatoms. The van der Waals surface area contributed by atoms with Crippen LogP contribution in [0.1, 0.15) is 45.4 Å². The number of aliphatic imine (C=N–C) groups is 1. The van der Waals surface area contributed by atoms with Crippen molar-refractivity contribution in [3.63, 3.8) is 0 Å². The Kier molecular flexibility index (Phi) is 17.9. The van der Waals surface area contributed by atoms with E-state index in [-0.39, 0.29) is 24.0 Å². The highest BCUT2D eigenvalue weighted by atomic mass is 127. The Labute approximate surface area is 181 Å². The van der Waals surface area contributed by atoms with Crippen LogP contribution in [0.15, 0.2) is 17.4 Å². The second kappa shape index (κ2) is 18.5. The summed E-state index contributed by atoms with van der Waals surface area (Å²) in [6, 6.07) is 0. The topological polar surface area (TPSA) is 72.7 Å². The average molecular weight is 495 g/mol. The molecule has 1 heterocycles. The summed E-state index contributed by atoms with van der Waals surface area (Å²) < 4.78 is 13.2. The molecule has 0 aliphatic carbocycles. The van der Waals surface area contributed by atoms with Gasteiger partial charge in [-0.1, -0.05) is 13.3 Å². The number of imidazole rings is 1. The van der Waals surface area contributed by atoms with Crippen molar-refractivity contribution in [2.75, 3.05) is 46.1 Å². The van der Waals surface area contributed by atoms with Crippen LogP contribution in [0.4, 0.5) is 0 Å². The molecule has 0 aliphatic rings. The first-order valence-electron chi connectivity index (χ1n) is 9.93. The second-order valence-corrected chi connectivity index (χ2v) is 6.14. The maximum absolute atomic E-state index is 5.56. The fourth-order valence-corrected chi connectivity index (χ4v) is 2.38. The number of ether oxygens (including phenoxy) is 2. The Hall–Kier alpha value is -0.870. The van der Waals surface area contributed by atoms with Crippen molar-refractivity contribution in [1.29, 1.82) is 0 Å². The lowest BCUT2D eigenvalue weighted by atomic mass is 10.3. The molecule has 0 fully saturated rings. The molecule has 0 radical (unpaired) electrons. The van der Waals surface area contributed by atoms with Crippen molar-refractivity contribution < 1.29 is 9.47 Å². The summed E-state index contributed by atoms with van der Waals surface area (Å²) in [6.07, 6.45) is 8.31. The number of nitrogens with zero attached hydrogens (tertiary/aromatic N) is 3. The predicted octanol–water partition coefficient (Wildman–Crippen LogP) is 2.98. The molecule has 27 heavy (non-hydrogen) atoms.